The van der Waals surface area contributed by atoms with Gasteiger partial charge in [0.2, 0.25) is 5.88 Å². The first-order chi connectivity index (χ1) is 11.3. The molecular weight excluding hydrogens is 310 g/mol. The number of rotatable bonds is 4. The average molecular weight is 331 g/mol. The van der Waals surface area contributed by atoms with Gasteiger partial charge in [-0.2, -0.15) is 4.98 Å². The van der Waals surface area contributed by atoms with Gasteiger partial charge in [0.1, 0.15) is 5.01 Å². The summed E-state index contributed by atoms with van der Waals surface area (Å²) in [6.07, 6.45) is 7.14. The molecule has 2 aromatic rings. The van der Waals surface area contributed by atoms with E-state index in [1.807, 2.05) is 17.5 Å². The first kappa shape index (κ1) is 14.8. The van der Waals surface area contributed by atoms with Gasteiger partial charge in [0, 0.05) is 31.1 Å². The minimum atomic E-state index is 0.572. The van der Waals surface area contributed by atoms with Crippen LogP contribution in [0.5, 0.6) is 5.88 Å². The van der Waals surface area contributed by atoms with Crippen LogP contribution in [-0.4, -0.2) is 53.1 Å². The summed E-state index contributed by atoms with van der Waals surface area (Å²) < 4.78 is 5.16. The molecule has 2 aromatic heterocycles. The molecule has 0 amide bonds. The number of aryl methyl sites for hydroxylation is 2. The Bertz CT molecular complexity index is 659. The van der Waals surface area contributed by atoms with Crippen molar-refractivity contribution in [2.75, 3.05) is 38.2 Å². The van der Waals surface area contributed by atoms with E-state index in [0.717, 1.165) is 38.5 Å². The quantitative estimate of drug-likeness (QED) is 0.851. The second-order valence-electron chi connectivity index (χ2n) is 6.01. The third kappa shape index (κ3) is 3.16. The van der Waals surface area contributed by atoms with Gasteiger partial charge in [-0.05, 0) is 19.3 Å². The van der Waals surface area contributed by atoms with Crippen molar-refractivity contribution in [3.05, 3.63) is 28.0 Å². The Kier molecular flexibility index (Phi) is 4.13. The van der Waals surface area contributed by atoms with E-state index in [0.29, 0.717) is 5.88 Å². The molecular formula is C16H21N5OS. The number of anilines is 1. The zero-order chi connectivity index (χ0) is 15.6. The monoisotopic (exact) mass is 331 g/mol. The largest absolute Gasteiger partial charge is 0.480 e. The van der Waals surface area contributed by atoms with Crippen LogP contribution in [-0.2, 0) is 19.4 Å². The summed E-state index contributed by atoms with van der Waals surface area (Å²) in [6.45, 7) is 4.97. The van der Waals surface area contributed by atoms with Gasteiger partial charge in [-0.3, -0.25) is 9.88 Å². The number of nitrogens with zero attached hydrogens (tertiary/aromatic N) is 5. The van der Waals surface area contributed by atoms with E-state index < -0.39 is 0 Å². The fourth-order valence-corrected chi connectivity index (χ4v) is 4.43. The van der Waals surface area contributed by atoms with Crippen LogP contribution in [0, 0.1) is 0 Å². The smallest absolute Gasteiger partial charge is 0.233 e. The number of methoxy groups -OCH3 is 1. The van der Waals surface area contributed by atoms with Crippen molar-refractivity contribution in [1.82, 2.24) is 19.9 Å². The lowest BCUT2D eigenvalue weighted by Crippen LogP contribution is -2.46. The van der Waals surface area contributed by atoms with Gasteiger partial charge in [0.05, 0.1) is 31.7 Å². The number of piperazine rings is 1. The maximum absolute atomic E-state index is 5.16. The Morgan fingerprint density at radius 3 is 2.78 bits per heavy atom. The Balaban J connectivity index is 1.35. The fourth-order valence-electron chi connectivity index (χ4n) is 3.23. The molecule has 0 unspecified atom stereocenters. The van der Waals surface area contributed by atoms with E-state index >= 15 is 0 Å². The minimum absolute atomic E-state index is 0.572. The summed E-state index contributed by atoms with van der Waals surface area (Å²) >= 11 is 1.91. The van der Waals surface area contributed by atoms with Crippen LogP contribution in [0.15, 0.2) is 12.4 Å². The zero-order valence-corrected chi connectivity index (χ0v) is 14.2. The second-order valence-corrected chi connectivity index (χ2v) is 7.18. The third-order valence-electron chi connectivity index (χ3n) is 4.50. The van der Waals surface area contributed by atoms with Crippen LogP contribution in [0.1, 0.15) is 22.0 Å². The highest BCUT2D eigenvalue weighted by molar-refractivity contribution is 7.11. The van der Waals surface area contributed by atoms with Gasteiger partial charge in [0.15, 0.2) is 5.82 Å². The van der Waals surface area contributed by atoms with Crippen LogP contribution in [0.3, 0.4) is 0 Å². The van der Waals surface area contributed by atoms with Crippen LogP contribution < -0.4 is 9.64 Å². The van der Waals surface area contributed by atoms with Gasteiger partial charge in [-0.25, -0.2) is 4.98 Å². The molecule has 0 radical (unpaired) electrons. The molecule has 23 heavy (non-hydrogen) atoms. The molecule has 6 nitrogen and oxygen atoms in total. The SMILES string of the molecule is COc1cncc(N2CCN(Cc3nc4c(s3)CCC4)CC2)n1. The number of fused-ring (bicyclic) bond motifs is 1. The molecule has 0 N–H and O–H groups in total. The predicted octanol–water partition coefficient (Wildman–Crippen LogP) is 1.75. The summed E-state index contributed by atoms with van der Waals surface area (Å²) in [5.74, 6) is 1.47. The molecule has 122 valence electrons. The number of hydrogen-bond donors (Lipinski definition) is 0. The van der Waals surface area contributed by atoms with Crippen molar-refractivity contribution in [3.8, 4) is 5.88 Å². The van der Waals surface area contributed by atoms with Gasteiger partial charge in [-0.15, -0.1) is 11.3 Å². The van der Waals surface area contributed by atoms with E-state index in [-0.39, 0.29) is 0 Å². The fraction of sp³-hybridized carbons (Fsp3) is 0.562. The van der Waals surface area contributed by atoms with Gasteiger partial charge < -0.3 is 9.64 Å². The highest BCUT2D eigenvalue weighted by atomic mass is 32.1. The minimum Gasteiger partial charge on any atom is -0.480 e. The molecule has 1 aliphatic carbocycles. The second kappa shape index (κ2) is 6.41. The van der Waals surface area contributed by atoms with E-state index in [2.05, 4.69) is 19.8 Å². The van der Waals surface area contributed by atoms with E-state index in [9.17, 15) is 0 Å². The van der Waals surface area contributed by atoms with Crippen molar-refractivity contribution in [3.63, 3.8) is 0 Å². The van der Waals surface area contributed by atoms with Crippen LogP contribution in [0.2, 0.25) is 0 Å². The molecule has 0 spiro atoms. The van der Waals surface area contributed by atoms with Crippen LogP contribution >= 0.6 is 11.3 Å². The lowest BCUT2D eigenvalue weighted by Gasteiger charge is -2.34. The van der Waals surface area contributed by atoms with Gasteiger partial charge in [0.25, 0.3) is 0 Å². The maximum Gasteiger partial charge on any atom is 0.233 e. The normalized spacial score (nSPS) is 18.2. The number of hydrogen-bond acceptors (Lipinski definition) is 7. The van der Waals surface area contributed by atoms with Crippen molar-refractivity contribution >= 4 is 17.2 Å². The summed E-state index contributed by atoms with van der Waals surface area (Å²) in [5.41, 5.74) is 1.36. The summed E-state index contributed by atoms with van der Waals surface area (Å²) in [7, 11) is 1.62. The molecule has 0 aromatic carbocycles. The van der Waals surface area contributed by atoms with Crippen molar-refractivity contribution in [1.29, 1.82) is 0 Å². The standard InChI is InChI=1S/C16H21N5OS/c1-22-15-10-17-9-14(19-15)21-7-5-20(6-8-21)11-16-18-12-3-2-4-13(12)23-16/h9-10H,2-8,11H2,1H3. The molecule has 0 bridgehead atoms. The highest BCUT2D eigenvalue weighted by Gasteiger charge is 2.22. The molecule has 2 aliphatic rings. The lowest BCUT2D eigenvalue weighted by molar-refractivity contribution is 0.248. The molecule has 1 fully saturated rings. The Morgan fingerprint density at radius 1 is 1.13 bits per heavy atom. The maximum atomic E-state index is 5.16. The Labute approximate surface area is 140 Å². The molecule has 4 rings (SSSR count). The Hall–Kier alpha value is -1.73. The van der Waals surface area contributed by atoms with Crippen molar-refractivity contribution < 1.29 is 4.74 Å². The molecule has 1 aliphatic heterocycles. The lowest BCUT2D eigenvalue weighted by atomic mass is 10.3. The van der Waals surface area contributed by atoms with E-state index in [1.54, 1.807) is 13.3 Å². The molecule has 0 atom stereocenters. The summed E-state index contributed by atoms with van der Waals surface area (Å²) in [4.78, 5) is 19.7. The summed E-state index contributed by atoms with van der Waals surface area (Å²) in [5, 5.41) is 1.28. The van der Waals surface area contributed by atoms with Crippen molar-refractivity contribution in [2.24, 2.45) is 0 Å². The number of ether oxygens (including phenoxy) is 1. The van der Waals surface area contributed by atoms with Crippen molar-refractivity contribution in [2.45, 2.75) is 25.8 Å². The third-order valence-corrected chi connectivity index (χ3v) is 5.65. The first-order valence-corrected chi connectivity index (χ1v) is 8.94. The first-order valence-electron chi connectivity index (χ1n) is 8.12. The van der Waals surface area contributed by atoms with E-state index in [1.165, 1.54) is 34.8 Å². The molecule has 3 heterocycles. The topological polar surface area (TPSA) is 54.4 Å². The predicted molar refractivity (Wildman–Crippen MR) is 90.2 cm³/mol. The van der Waals surface area contributed by atoms with E-state index in [4.69, 9.17) is 9.72 Å². The van der Waals surface area contributed by atoms with Crippen LogP contribution in [0.4, 0.5) is 5.82 Å². The number of thiazole rings is 1. The van der Waals surface area contributed by atoms with Gasteiger partial charge >= 0.3 is 0 Å². The number of aromatic nitrogens is 3. The molecule has 1 saturated heterocycles. The summed E-state index contributed by atoms with van der Waals surface area (Å²) in [6, 6.07) is 0. The molecule has 7 heteroatoms. The Morgan fingerprint density at radius 2 is 2.00 bits per heavy atom. The average Bonchev–Trinajstić information content (AvgIpc) is 3.17. The molecule has 0 saturated carbocycles. The zero-order valence-electron chi connectivity index (χ0n) is 13.4. The van der Waals surface area contributed by atoms with Crippen LogP contribution in [0.25, 0.3) is 0 Å². The van der Waals surface area contributed by atoms with Gasteiger partial charge in [-0.1, -0.05) is 0 Å². The highest BCUT2D eigenvalue weighted by Crippen LogP contribution is 2.28.